The molecule has 2 rings (SSSR count). The highest BCUT2D eigenvalue weighted by Gasteiger charge is 2.41. The van der Waals surface area contributed by atoms with Crippen molar-refractivity contribution in [3.8, 4) is 0 Å². The molecule has 0 aromatic carbocycles. The predicted octanol–water partition coefficient (Wildman–Crippen LogP) is 0.912. The lowest BCUT2D eigenvalue weighted by molar-refractivity contribution is -0.0388. The fourth-order valence-electron chi connectivity index (χ4n) is 1.94. The first-order valence-corrected chi connectivity index (χ1v) is 4.73. The van der Waals surface area contributed by atoms with Crippen LogP contribution in [0, 0.1) is 5.41 Å². The van der Waals surface area contributed by atoms with Crippen LogP contribution in [-0.2, 0) is 9.47 Å². The summed E-state index contributed by atoms with van der Waals surface area (Å²) in [5, 5.41) is 2.69. The molecule has 0 aromatic rings. The number of amides is 1. The number of hydrogen-bond donors (Lipinski definition) is 1. The van der Waals surface area contributed by atoms with Crippen molar-refractivity contribution < 1.29 is 14.3 Å². The average Bonchev–Trinajstić information content (AvgIpc) is 2.54. The van der Waals surface area contributed by atoms with Gasteiger partial charge in [0.05, 0.1) is 6.54 Å². The fourth-order valence-corrected chi connectivity index (χ4v) is 1.94. The summed E-state index contributed by atoms with van der Waals surface area (Å²) in [5.41, 5.74) is 0.109. The van der Waals surface area contributed by atoms with Gasteiger partial charge in [-0.3, -0.25) is 0 Å². The van der Waals surface area contributed by atoms with Crippen LogP contribution in [0.25, 0.3) is 0 Å². The molecule has 0 radical (unpaired) electrons. The first kappa shape index (κ1) is 8.81. The van der Waals surface area contributed by atoms with Gasteiger partial charge < -0.3 is 14.8 Å². The van der Waals surface area contributed by atoms with Crippen molar-refractivity contribution in [3.63, 3.8) is 0 Å². The number of carbonyl (C=O) groups excluding carboxylic acids is 1. The van der Waals surface area contributed by atoms with Crippen LogP contribution in [0.2, 0.25) is 0 Å². The minimum Gasteiger partial charge on any atom is -0.444 e. The van der Waals surface area contributed by atoms with Crippen molar-refractivity contribution in [2.45, 2.75) is 25.9 Å². The highest BCUT2D eigenvalue weighted by atomic mass is 16.6. The Morgan fingerprint density at radius 3 is 2.69 bits per heavy atom. The van der Waals surface area contributed by atoms with Gasteiger partial charge in [0.2, 0.25) is 0 Å². The summed E-state index contributed by atoms with van der Waals surface area (Å²) in [7, 11) is 0. The van der Waals surface area contributed by atoms with Crippen molar-refractivity contribution in [1.82, 2.24) is 5.32 Å². The van der Waals surface area contributed by atoms with E-state index in [0.29, 0.717) is 6.54 Å². The van der Waals surface area contributed by atoms with Crippen LogP contribution in [0.1, 0.15) is 19.8 Å². The van der Waals surface area contributed by atoms with Crippen molar-refractivity contribution >= 4 is 6.09 Å². The number of rotatable bonds is 1. The van der Waals surface area contributed by atoms with E-state index in [9.17, 15) is 4.79 Å². The van der Waals surface area contributed by atoms with Crippen molar-refractivity contribution in [2.24, 2.45) is 5.41 Å². The van der Waals surface area contributed by atoms with E-state index in [1.807, 2.05) is 0 Å². The Hall–Kier alpha value is -0.770. The van der Waals surface area contributed by atoms with E-state index in [2.05, 4.69) is 12.2 Å². The van der Waals surface area contributed by atoms with Gasteiger partial charge in [-0.2, -0.15) is 0 Å². The SMILES string of the molecule is CC1(C2CNC(=O)O2)CCOCC1. The zero-order valence-corrected chi connectivity index (χ0v) is 7.84. The average molecular weight is 185 g/mol. The van der Waals surface area contributed by atoms with Crippen LogP contribution >= 0.6 is 0 Å². The fraction of sp³-hybridized carbons (Fsp3) is 0.889. The maximum atomic E-state index is 10.9. The van der Waals surface area contributed by atoms with E-state index in [4.69, 9.17) is 9.47 Å². The minimum absolute atomic E-state index is 0.0314. The van der Waals surface area contributed by atoms with Gasteiger partial charge in [0.1, 0.15) is 6.10 Å². The smallest absolute Gasteiger partial charge is 0.407 e. The Balaban J connectivity index is 2.01. The summed E-state index contributed by atoms with van der Waals surface area (Å²) in [6.07, 6.45) is 1.71. The molecule has 2 heterocycles. The van der Waals surface area contributed by atoms with Crippen molar-refractivity contribution in [3.05, 3.63) is 0 Å². The van der Waals surface area contributed by atoms with E-state index >= 15 is 0 Å². The van der Waals surface area contributed by atoms with E-state index in [1.54, 1.807) is 0 Å². The van der Waals surface area contributed by atoms with Crippen LogP contribution in [0.5, 0.6) is 0 Å². The summed E-state index contributed by atoms with van der Waals surface area (Å²) in [5.74, 6) is 0. The first-order chi connectivity index (χ1) is 6.21. The Bertz CT molecular complexity index is 211. The summed E-state index contributed by atoms with van der Waals surface area (Å²) >= 11 is 0. The number of carbonyl (C=O) groups is 1. The Morgan fingerprint density at radius 2 is 2.15 bits per heavy atom. The lowest BCUT2D eigenvalue weighted by Gasteiger charge is -2.36. The first-order valence-electron chi connectivity index (χ1n) is 4.73. The highest BCUT2D eigenvalue weighted by Crippen LogP contribution is 2.36. The van der Waals surface area contributed by atoms with E-state index in [0.717, 1.165) is 26.1 Å². The molecule has 13 heavy (non-hydrogen) atoms. The molecule has 4 heteroatoms. The molecule has 1 unspecified atom stereocenters. The Morgan fingerprint density at radius 1 is 1.46 bits per heavy atom. The molecule has 4 nitrogen and oxygen atoms in total. The zero-order valence-electron chi connectivity index (χ0n) is 7.84. The van der Waals surface area contributed by atoms with Crippen molar-refractivity contribution in [1.29, 1.82) is 0 Å². The number of alkyl carbamates (subject to hydrolysis) is 1. The number of ether oxygens (including phenoxy) is 2. The molecule has 74 valence electrons. The standard InChI is InChI=1S/C9H15NO3/c1-9(2-4-12-5-3-9)7-6-10-8(11)13-7/h7H,2-6H2,1H3,(H,10,11). The molecule has 2 aliphatic rings. The van der Waals surface area contributed by atoms with Crippen LogP contribution < -0.4 is 5.32 Å². The quantitative estimate of drug-likeness (QED) is 0.660. The summed E-state index contributed by atoms with van der Waals surface area (Å²) < 4.78 is 10.5. The normalized spacial score (nSPS) is 32.4. The lowest BCUT2D eigenvalue weighted by Crippen LogP contribution is -2.39. The summed E-state index contributed by atoms with van der Waals surface area (Å²) in [4.78, 5) is 10.9. The second kappa shape index (κ2) is 3.18. The van der Waals surface area contributed by atoms with Crippen LogP contribution in [0.3, 0.4) is 0 Å². The lowest BCUT2D eigenvalue weighted by atomic mass is 9.77. The Labute approximate surface area is 77.6 Å². The molecule has 0 spiro atoms. The third-order valence-corrected chi connectivity index (χ3v) is 3.09. The predicted molar refractivity (Wildman–Crippen MR) is 46.4 cm³/mol. The molecule has 0 aromatic heterocycles. The molecular formula is C9H15NO3. The third kappa shape index (κ3) is 1.63. The highest BCUT2D eigenvalue weighted by molar-refractivity contribution is 5.69. The largest absolute Gasteiger partial charge is 0.444 e. The second-order valence-corrected chi connectivity index (χ2v) is 4.04. The zero-order chi connectivity index (χ0) is 9.31. The second-order valence-electron chi connectivity index (χ2n) is 4.04. The van der Waals surface area contributed by atoms with Gasteiger partial charge in [0, 0.05) is 18.6 Å². The maximum Gasteiger partial charge on any atom is 0.407 e. The number of hydrogen-bond acceptors (Lipinski definition) is 3. The van der Waals surface area contributed by atoms with Gasteiger partial charge in [-0.1, -0.05) is 6.92 Å². The van der Waals surface area contributed by atoms with Gasteiger partial charge in [0.15, 0.2) is 0 Å². The molecule has 0 saturated carbocycles. The molecule has 2 aliphatic heterocycles. The molecule has 0 bridgehead atoms. The van der Waals surface area contributed by atoms with Gasteiger partial charge in [-0.15, -0.1) is 0 Å². The van der Waals surface area contributed by atoms with Crippen LogP contribution in [0.15, 0.2) is 0 Å². The number of nitrogens with one attached hydrogen (secondary N) is 1. The monoisotopic (exact) mass is 185 g/mol. The topological polar surface area (TPSA) is 47.6 Å². The third-order valence-electron chi connectivity index (χ3n) is 3.09. The van der Waals surface area contributed by atoms with E-state index in [-0.39, 0.29) is 17.6 Å². The van der Waals surface area contributed by atoms with Crippen LogP contribution in [-0.4, -0.2) is 32.0 Å². The molecule has 1 N–H and O–H groups in total. The molecule has 1 atom stereocenters. The molecule has 2 fully saturated rings. The molecule has 2 saturated heterocycles. The van der Waals surface area contributed by atoms with Crippen LogP contribution in [0.4, 0.5) is 4.79 Å². The summed E-state index contributed by atoms with van der Waals surface area (Å²) in [6.45, 7) is 4.38. The minimum atomic E-state index is -0.280. The maximum absolute atomic E-state index is 10.9. The van der Waals surface area contributed by atoms with Gasteiger partial charge >= 0.3 is 6.09 Å². The van der Waals surface area contributed by atoms with Gasteiger partial charge in [-0.05, 0) is 12.8 Å². The molecular weight excluding hydrogens is 170 g/mol. The summed E-state index contributed by atoms with van der Waals surface area (Å²) in [6, 6.07) is 0. The molecule has 0 aliphatic carbocycles. The van der Waals surface area contributed by atoms with Crippen molar-refractivity contribution in [2.75, 3.05) is 19.8 Å². The van der Waals surface area contributed by atoms with E-state index < -0.39 is 0 Å². The van der Waals surface area contributed by atoms with E-state index in [1.165, 1.54) is 0 Å². The number of cyclic esters (lactones) is 1. The molecule has 1 amide bonds. The van der Waals surface area contributed by atoms with Gasteiger partial charge in [0.25, 0.3) is 0 Å². The Kier molecular flexibility index (Phi) is 2.15. The van der Waals surface area contributed by atoms with Gasteiger partial charge in [-0.25, -0.2) is 4.79 Å².